The number of fused-ring (bicyclic) bond motifs is 1. The second-order valence-corrected chi connectivity index (χ2v) is 3.54. The van der Waals surface area contributed by atoms with Crippen LogP contribution in [0.2, 0.25) is 5.02 Å². The van der Waals surface area contributed by atoms with E-state index in [1.807, 2.05) is 0 Å². The van der Waals surface area contributed by atoms with E-state index < -0.39 is 22.7 Å². The Kier molecular flexibility index (Phi) is 2.16. The third kappa shape index (κ3) is 1.27. The van der Waals surface area contributed by atoms with E-state index in [-0.39, 0.29) is 15.8 Å². The van der Waals surface area contributed by atoms with Crippen LogP contribution in [-0.4, -0.2) is 15.0 Å². The fourth-order valence-corrected chi connectivity index (χ4v) is 1.65. The van der Waals surface area contributed by atoms with E-state index in [9.17, 15) is 19.8 Å². The molecule has 0 bridgehead atoms. The monoisotopic (exact) mass is 243 g/mol. The van der Waals surface area contributed by atoms with Crippen molar-refractivity contribution in [2.24, 2.45) is 7.05 Å². The predicted octanol–water partition coefficient (Wildman–Crippen LogP) is 0.556. The molecule has 1 aromatic carbocycles. The Balaban J connectivity index is 3.21. The molecule has 0 spiro atoms. The molecule has 0 unspecified atom stereocenters. The summed E-state index contributed by atoms with van der Waals surface area (Å²) in [6, 6.07) is 0.934. The summed E-state index contributed by atoms with van der Waals surface area (Å²) in [6.07, 6.45) is 0. The molecule has 0 aliphatic heterocycles. The van der Waals surface area contributed by atoms with E-state index in [2.05, 4.69) is 4.52 Å². The number of phenols is 2. The van der Waals surface area contributed by atoms with Crippen LogP contribution in [0.1, 0.15) is 0 Å². The van der Waals surface area contributed by atoms with Gasteiger partial charge in [0, 0.05) is 7.05 Å². The highest BCUT2D eigenvalue weighted by molar-refractivity contribution is 6.37. The molecule has 1 aromatic heterocycles. The standard InChI is InChI=1S/C9H6ClNO5/c1-11-8(14)5-3(9(15)16-11)2-4(12)7(13)6(5)10/h2,12-13H,1H3. The van der Waals surface area contributed by atoms with Crippen LogP contribution in [0.15, 0.2) is 20.2 Å². The van der Waals surface area contributed by atoms with Crippen LogP contribution in [-0.2, 0) is 7.05 Å². The van der Waals surface area contributed by atoms with Crippen molar-refractivity contribution in [3.8, 4) is 11.5 Å². The van der Waals surface area contributed by atoms with Gasteiger partial charge in [0.2, 0.25) is 0 Å². The van der Waals surface area contributed by atoms with E-state index in [1.54, 1.807) is 0 Å². The Hall–Kier alpha value is -1.95. The summed E-state index contributed by atoms with van der Waals surface area (Å²) in [5, 5.41) is 17.9. The molecule has 2 aromatic rings. The Labute approximate surface area is 92.9 Å². The second kappa shape index (κ2) is 3.28. The molecule has 0 saturated carbocycles. The summed E-state index contributed by atoms with van der Waals surface area (Å²) < 4.78 is 5.27. The highest BCUT2D eigenvalue weighted by atomic mass is 35.5. The minimum absolute atomic E-state index is 0.177. The van der Waals surface area contributed by atoms with Gasteiger partial charge in [-0.15, -0.1) is 0 Å². The summed E-state index contributed by atoms with van der Waals surface area (Å²) in [5.74, 6) is -1.23. The molecule has 0 aliphatic carbocycles. The van der Waals surface area contributed by atoms with E-state index in [4.69, 9.17) is 11.6 Å². The fraction of sp³-hybridized carbons (Fsp3) is 0.111. The van der Waals surface area contributed by atoms with Crippen molar-refractivity contribution in [3.05, 3.63) is 31.9 Å². The molecule has 7 heteroatoms. The van der Waals surface area contributed by atoms with Crippen molar-refractivity contribution in [2.75, 3.05) is 0 Å². The SMILES string of the molecule is Cn1oc(=O)c2cc(O)c(O)c(Cl)c2c1=O. The molecule has 84 valence electrons. The van der Waals surface area contributed by atoms with Crippen LogP contribution in [0.3, 0.4) is 0 Å². The first-order valence-electron chi connectivity index (χ1n) is 4.18. The molecular formula is C9H6ClNO5. The molecule has 0 fully saturated rings. The van der Waals surface area contributed by atoms with Crippen molar-refractivity contribution in [3.63, 3.8) is 0 Å². The summed E-state index contributed by atoms with van der Waals surface area (Å²) in [7, 11) is 1.24. The third-order valence-corrected chi connectivity index (χ3v) is 2.53. The predicted molar refractivity (Wildman–Crippen MR) is 56.1 cm³/mol. The average molecular weight is 244 g/mol. The average Bonchev–Trinajstić information content (AvgIpc) is 2.22. The maximum Gasteiger partial charge on any atom is 0.364 e. The summed E-state index contributed by atoms with van der Waals surface area (Å²) in [5.41, 5.74) is -1.50. The lowest BCUT2D eigenvalue weighted by atomic mass is 10.2. The minimum Gasteiger partial charge on any atom is -0.504 e. The molecule has 16 heavy (non-hydrogen) atoms. The molecule has 0 amide bonds. The van der Waals surface area contributed by atoms with Crippen LogP contribution in [0, 0.1) is 0 Å². The van der Waals surface area contributed by atoms with Gasteiger partial charge < -0.3 is 14.7 Å². The van der Waals surface area contributed by atoms with Crippen LogP contribution in [0.4, 0.5) is 0 Å². The van der Waals surface area contributed by atoms with Gasteiger partial charge >= 0.3 is 5.63 Å². The molecule has 6 nitrogen and oxygen atoms in total. The van der Waals surface area contributed by atoms with Gasteiger partial charge in [-0.1, -0.05) is 11.6 Å². The lowest BCUT2D eigenvalue weighted by Crippen LogP contribution is -2.22. The van der Waals surface area contributed by atoms with Crippen molar-refractivity contribution < 1.29 is 14.7 Å². The first kappa shape index (κ1) is 10.6. The van der Waals surface area contributed by atoms with E-state index in [0.717, 1.165) is 6.07 Å². The van der Waals surface area contributed by atoms with Gasteiger partial charge in [0.15, 0.2) is 11.5 Å². The number of aromatic hydroxyl groups is 2. The van der Waals surface area contributed by atoms with Crippen LogP contribution >= 0.6 is 11.6 Å². The maximum absolute atomic E-state index is 11.6. The lowest BCUT2D eigenvalue weighted by molar-refractivity contribution is 0.261. The number of hydrogen-bond donors (Lipinski definition) is 2. The number of nitrogens with zero attached hydrogens (tertiary/aromatic N) is 1. The van der Waals surface area contributed by atoms with Crippen LogP contribution in [0.5, 0.6) is 11.5 Å². The van der Waals surface area contributed by atoms with Crippen molar-refractivity contribution in [2.45, 2.75) is 0 Å². The smallest absolute Gasteiger partial charge is 0.364 e. The number of halogens is 1. The topological polar surface area (TPSA) is 92.7 Å². The van der Waals surface area contributed by atoms with Crippen LogP contribution < -0.4 is 11.2 Å². The number of aromatic nitrogens is 1. The number of aryl methyl sites for hydroxylation is 1. The molecule has 1 heterocycles. The zero-order valence-electron chi connectivity index (χ0n) is 8.02. The number of hydrogen-bond acceptors (Lipinski definition) is 5. The Morgan fingerprint density at radius 3 is 2.62 bits per heavy atom. The molecule has 0 atom stereocenters. The molecular weight excluding hydrogens is 238 g/mol. The van der Waals surface area contributed by atoms with Gasteiger partial charge in [0.25, 0.3) is 5.56 Å². The highest BCUT2D eigenvalue weighted by Gasteiger charge is 2.17. The number of benzene rings is 1. The quantitative estimate of drug-likeness (QED) is 0.660. The molecule has 0 radical (unpaired) electrons. The maximum atomic E-state index is 11.6. The Morgan fingerprint density at radius 2 is 2.00 bits per heavy atom. The molecule has 0 aliphatic rings. The first-order chi connectivity index (χ1) is 7.43. The van der Waals surface area contributed by atoms with Gasteiger partial charge in [-0.05, 0) is 6.07 Å². The number of phenolic OH excluding ortho intramolecular Hbond substituents is 2. The molecule has 2 rings (SSSR count). The van der Waals surface area contributed by atoms with E-state index >= 15 is 0 Å². The summed E-state index contributed by atoms with van der Waals surface area (Å²) in [6.45, 7) is 0. The van der Waals surface area contributed by atoms with Gasteiger partial charge in [0.1, 0.15) is 0 Å². The zero-order valence-corrected chi connectivity index (χ0v) is 8.78. The summed E-state index contributed by atoms with van der Waals surface area (Å²) in [4.78, 5) is 23.0. The fourth-order valence-electron chi connectivity index (χ4n) is 1.37. The van der Waals surface area contributed by atoms with Gasteiger partial charge in [-0.2, -0.15) is 4.74 Å². The largest absolute Gasteiger partial charge is 0.504 e. The first-order valence-corrected chi connectivity index (χ1v) is 4.56. The zero-order chi connectivity index (χ0) is 12.0. The molecule has 2 N–H and O–H groups in total. The lowest BCUT2D eigenvalue weighted by Gasteiger charge is -2.04. The van der Waals surface area contributed by atoms with Crippen molar-refractivity contribution >= 4 is 22.4 Å². The van der Waals surface area contributed by atoms with E-state index in [1.165, 1.54) is 7.05 Å². The second-order valence-electron chi connectivity index (χ2n) is 3.16. The molecule has 0 saturated heterocycles. The Bertz CT molecular complexity index is 700. The van der Waals surface area contributed by atoms with E-state index in [0.29, 0.717) is 4.74 Å². The summed E-state index contributed by atoms with van der Waals surface area (Å²) >= 11 is 5.68. The third-order valence-electron chi connectivity index (χ3n) is 2.16. The number of rotatable bonds is 0. The highest BCUT2D eigenvalue weighted by Crippen LogP contribution is 2.36. The van der Waals surface area contributed by atoms with Crippen molar-refractivity contribution in [1.29, 1.82) is 0 Å². The Morgan fingerprint density at radius 1 is 1.38 bits per heavy atom. The normalized spacial score (nSPS) is 10.9. The van der Waals surface area contributed by atoms with Gasteiger partial charge in [-0.25, -0.2) is 4.79 Å². The van der Waals surface area contributed by atoms with Gasteiger partial charge in [-0.3, -0.25) is 4.79 Å². The van der Waals surface area contributed by atoms with Crippen LogP contribution in [0.25, 0.3) is 10.8 Å². The van der Waals surface area contributed by atoms with Gasteiger partial charge in [0.05, 0.1) is 15.8 Å². The van der Waals surface area contributed by atoms with Crippen molar-refractivity contribution in [1.82, 2.24) is 4.74 Å². The minimum atomic E-state index is -0.825.